The topological polar surface area (TPSA) is 40.6 Å². The van der Waals surface area contributed by atoms with Crippen molar-refractivity contribution in [1.29, 1.82) is 0 Å². The van der Waals surface area contributed by atoms with Crippen LogP contribution in [0.5, 0.6) is 0 Å². The molecule has 0 aliphatic carbocycles. The average Bonchev–Trinajstić information content (AvgIpc) is 2.49. The van der Waals surface area contributed by atoms with Gasteiger partial charge < -0.3 is 4.90 Å². The lowest BCUT2D eigenvalue weighted by atomic mass is 9.77. The molecule has 90 valence electrons. The summed E-state index contributed by atoms with van der Waals surface area (Å²) in [4.78, 5) is 27.8. The molecule has 4 nitrogen and oxygen atoms in total. The minimum Gasteiger partial charge on any atom is -0.306 e. The molecule has 2 fully saturated rings. The summed E-state index contributed by atoms with van der Waals surface area (Å²) in [5.74, 6) is 0.129. The van der Waals surface area contributed by atoms with Gasteiger partial charge in [0.2, 0.25) is 11.8 Å². The fourth-order valence-electron chi connectivity index (χ4n) is 2.75. The molecule has 0 aromatic heterocycles. The molecule has 2 rings (SSSR count). The SMILES string of the molecule is CCCN1C(=O)CC2(CCN(C)CC2)C1=O. The molecule has 0 aromatic rings. The molecule has 0 aromatic carbocycles. The Morgan fingerprint density at radius 1 is 1.25 bits per heavy atom. The first-order valence-corrected chi connectivity index (χ1v) is 6.12. The number of carbonyl (C=O) groups is 2. The van der Waals surface area contributed by atoms with Crippen molar-refractivity contribution < 1.29 is 9.59 Å². The number of hydrogen-bond acceptors (Lipinski definition) is 3. The molecular formula is C12H20N2O2. The van der Waals surface area contributed by atoms with Gasteiger partial charge in [0, 0.05) is 13.0 Å². The number of carbonyl (C=O) groups excluding carboxylic acids is 2. The van der Waals surface area contributed by atoms with Gasteiger partial charge in [-0.25, -0.2) is 0 Å². The van der Waals surface area contributed by atoms with Crippen LogP contribution in [0.15, 0.2) is 0 Å². The molecule has 1 spiro atoms. The number of imide groups is 1. The highest BCUT2D eigenvalue weighted by atomic mass is 16.2. The molecule has 2 heterocycles. The van der Waals surface area contributed by atoms with E-state index in [0.717, 1.165) is 32.4 Å². The van der Waals surface area contributed by atoms with Crippen molar-refractivity contribution in [2.75, 3.05) is 26.7 Å². The molecule has 0 radical (unpaired) electrons. The van der Waals surface area contributed by atoms with Crippen LogP contribution in [0.4, 0.5) is 0 Å². The van der Waals surface area contributed by atoms with Gasteiger partial charge in [0.25, 0.3) is 0 Å². The minimum atomic E-state index is -0.348. The van der Waals surface area contributed by atoms with Gasteiger partial charge in [-0.2, -0.15) is 0 Å². The lowest BCUT2D eigenvalue weighted by Gasteiger charge is -2.35. The maximum atomic E-state index is 12.3. The highest BCUT2D eigenvalue weighted by Crippen LogP contribution is 2.41. The Kier molecular flexibility index (Phi) is 3.02. The zero-order valence-electron chi connectivity index (χ0n) is 10.2. The van der Waals surface area contributed by atoms with Crippen LogP contribution in [0.1, 0.15) is 32.6 Å². The summed E-state index contributed by atoms with van der Waals surface area (Å²) in [5, 5.41) is 0. The zero-order valence-corrected chi connectivity index (χ0v) is 10.2. The van der Waals surface area contributed by atoms with E-state index in [9.17, 15) is 9.59 Å². The van der Waals surface area contributed by atoms with Crippen LogP contribution >= 0.6 is 0 Å². The van der Waals surface area contributed by atoms with E-state index < -0.39 is 0 Å². The van der Waals surface area contributed by atoms with Crippen molar-refractivity contribution in [2.45, 2.75) is 32.6 Å². The Bertz CT molecular complexity index is 306. The second-order valence-corrected chi connectivity index (χ2v) is 5.11. The Morgan fingerprint density at radius 3 is 2.44 bits per heavy atom. The lowest BCUT2D eigenvalue weighted by molar-refractivity contribution is -0.142. The van der Waals surface area contributed by atoms with Crippen molar-refractivity contribution in [1.82, 2.24) is 9.80 Å². The van der Waals surface area contributed by atoms with Gasteiger partial charge in [-0.1, -0.05) is 6.92 Å². The van der Waals surface area contributed by atoms with E-state index in [4.69, 9.17) is 0 Å². The molecular weight excluding hydrogens is 204 g/mol. The number of piperidine rings is 1. The maximum absolute atomic E-state index is 12.3. The summed E-state index contributed by atoms with van der Waals surface area (Å²) in [6, 6.07) is 0. The van der Waals surface area contributed by atoms with E-state index in [1.165, 1.54) is 4.90 Å². The van der Waals surface area contributed by atoms with E-state index in [0.29, 0.717) is 13.0 Å². The van der Waals surface area contributed by atoms with Crippen molar-refractivity contribution in [3.8, 4) is 0 Å². The van der Waals surface area contributed by atoms with Gasteiger partial charge in [0.1, 0.15) is 0 Å². The number of rotatable bonds is 2. The van der Waals surface area contributed by atoms with Crippen molar-refractivity contribution in [3.05, 3.63) is 0 Å². The monoisotopic (exact) mass is 224 g/mol. The van der Waals surface area contributed by atoms with Crippen LogP contribution in [0, 0.1) is 5.41 Å². The van der Waals surface area contributed by atoms with Gasteiger partial charge in [0.05, 0.1) is 5.41 Å². The Balaban J connectivity index is 2.13. The summed E-state index contributed by atoms with van der Waals surface area (Å²) in [5.41, 5.74) is -0.348. The maximum Gasteiger partial charge on any atom is 0.236 e. The third kappa shape index (κ3) is 1.75. The average molecular weight is 224 g/mol. The van der Waals surface area contributed by atoms with Crippen LogP contribution < -0.4 is 0 Å². The van der Waals surface area contributed by atoms with Gasteiger partial charge in [0.15, 0.2) is 0 Å². The summed E-state index contributed by atoms with van der Waals surface area (Å²) in [7, 11) is 2.07. The molecule has 2 aliphatic heterocycles. The zero-order chi connectivity index (χ0) is 11.8. The molecule has 2 saturated heterocycles. The molecule has 0 saturated carbocycles. The van der Waals surface area contributed by atoms with Gasteiger partial charge in [-0.05, 0) is 39.4 Å². The summed E-state index contributed by atoms with van der Waals surface area (Å²) >= 11 is 0. The van der Waals surface area contributed by atoms with E-state index >= 15 is 0 Å². The number of hydrogen-bond donors (Lipinski definition) is 0. The van der Waals surface area contributed by atoms with Crippen LogP contribution in [0.25, 0.3) is 0 Å². The third-order valence-electron chi connectivity index (χ3n) is 3.88. The standard InChI is InChI=1S/C12H20N2O2/c1-3-6-14-10(15)9-12(11(14)16)4-7-13(2)8-5-12/h3-9H2,1-2H3. The highest BCUT2D eigenvalue weighted by molar-refractivity contribution is 6.05. The molecule has 0 unspecified atom stereocenters. The second-order valence-electron chi connectivity index (χ2n) is 5.11. The summed E-state index contributed by atoms with van der Waals surface area (Å²) < 4.78 is 0. The number of nitrogens with zero attached hydrogens (tertiary/aromatic N) is 2. The van der Waals surface area contributed by atoms with Crippen molar-refractivity contribution >= 4 is 11.8 Å². The number of amides is 2. The Labute approximate surface area is 96.6 Å². The molecule has 4 heteroatoms. The lowest BCUT2D eigenvalue weighted by Crippen LogP contribution is -2.43. The largest absolute Gasteiger partial charge is 0.306 e. The quantitative estimate of drug-likeness (QED) is 0.653. The van der Waals surface area contributed by atoms with Gasteiger partial charge >= 0.3 is 0 Å². The predicted octanol–water partition coefficient (Wildman–Crippen LogP) is 0.867. The van der Waals surface area contributed by atoms with Crippen molar-refractivity contribution in [2.24, 2.45) is 5.41 Å². The van der Waals surface area contributed by atoms with Crippen LogP contribution in [0.2, 0.25) is 0 Å². The Morgan fingerprint density at radius 2 is 1.88 bits per heavy atom. The molecule has 0 N–H and O–H groups in total. The first-order chi connectivity index (χ1) is 7.59. The normalized spacial score (nSPS) is 25.8. The first kappa shape index (κ1) is 11.6. The fraction of sp³-hybridized carbons (Fsp3) is 0.833. The van der Waals surface area contributed by atoms with E-state index in [1.807, 2.05) is 6.92 Å². The highest BCUT2D eigenvalue weighted by Gasteiger charge is 2.51. The van der Waals surface area contributed by atoms with Crippen LogP contribution in [-0.4, -0.2) is 48.3 Å². The molecule has 0 bridgehead atoms. The first-order valence-electron chi connectivity index (χ1n) is 6.12. The molecule has 16 heavy (non-hydrogen) atoms. The van der Waals surface area contributed by atoms with E-state index in [-0.39, 0.29) is 17.2 Å². The predicted molar refractivity (Wildman–Crippen MR) is 60.8 cm³/mol. The number of likely N-dealkylation sites (tertiary alicyclic amines) is 2. The van der Waals surface area contributed by atoms with Gasteiger partial charge in [-0.3, -0.25) is 14.5 Å². The third-order valence-corrected chi connectivity index (χ3v) is 3.88. The summed E-state index contributed by atoms with van der Waals surface area (Å²) in [6.07, 6.45) is 2.98. The second kappa shape index (κ2) is 4.17. The fourth-order valence-corrected chi connectivity index (χ4v) is 2.75. The van der Waals surface area contributed by atoms with Crippen molar-refractivity contribution in [3.63, 3.8) is 0 Å². The smallest absolute Gasteiger partial charge is 0.236 e. The molecule has 0 atom stereocenters. The van der Waals surface area contributed by atoms with E-state index in [2.05, 4.69) is 11.9 Å². The molecule has 2 amide bonds. The summed E-state index contributed by atoms with van der Waals surface area (Å²) in [6.45, 7) is 4.45. The Hall–Kier alpha value is -0.900. The molecule has 2 aliphatic rings. The van der Waals surface area contributed by atoms with Crippen LogP contribution in [-0.2, 0) is 9.59 Å². The van der Waals surface area contributed by atoms with E-state index in [1.54, 1.807) is 0 Å². The van der Waals surface area contributed by atoms with Crippen LogP contribution in [0.3, 0.4) is 0 Å². The minimum absolute atomic E-state index is 0.0383. The van der Waals surface area contributed by atoms with Gasteiger partial charge in [-0.15, -0.1) is 0 Å².